The maximum absolute atomic E-state index is 12.7. The molecule has 1 aliphatic heterocycles. The third-order valence-electron chi connectivity index (χ3n) is 5.84. The predicted octanol–water partition coefficient (Wildman–Crippen LogP) is 5.65. The van der Waals surface area contributed by atoms with Crippen molar-refractivity contribution in [2.45, 2.75) is 32.9 Å². The van der Waals surface area contributed by atoms with E-state index in [1.165, 1.54) is 18.6 Å². The molecule has 1 aliphatic rings. The fraction of sp³-hybridized carbons (Fsp3) is 0.458. The highest BCUT2D eigenvalue weighted by atomic mass is 19.4. The van der Waals surface area contributed by atoms with Gasteiger partial charge < -0.3 is 15.5 Å². The number of nitro benzene ring substituents is 1. The van der Waals surface area contributed by atoms with Gasteiger partial charge in [-0.05, 0) is 67.6 Å². The maximum Gasteiger partial charge on any atom is 0.416 e. The summed E-state index contributed by atoms with van der Waals surface area (Å²) in [5.74, 6) is 0.681. The van der Waals surface area contributed by atoms with Crippen molar-refractivity contribution in [1.82, 2.24) is 4.90 Å². The molecule has 2 atom stereocenters. The van der Waals surface area contributed by atoms with Crippen LogP contribution in [0.5, 0.6) is 0 Å². The monoisotopic (exact) mass is 478 g/mol. The van der Waals surface area contributed by atoms with Crippen LogP contribution in [-0.2, 0) is 6.18 Å². The molecule has 2 aromatic carbocycles. The Balaban J connectivity index is 1.59. The van der Waals surface area contributed by atoms with Crippen LogP contribution in [0.1, 0.15) is 42.6 Å². The van der Waals surface area contributed by atoms with Crippen LogP contribution < -0.4 is 10.6 Å². The molecule has 2 aromatic rings. The number of halogens is 3. The number of hydrogen-bond donors (Lipinski definition) is 2. The van der Waals surface area contributed by atoms with E-state index in [0.717, 1.165) is 56.4 Å². The molecule has 7 nitrogen and oxygen atoms in total. The zero-order valence-corrected chi connectivity index (χ0v) is 19.2. The maximum atomic E-state index is 12.7. The Bertz CT molecular complexity index is 1000. The number of nitro groups is 1. The third kappa shape index (κ3) is 6.93. The number of anilines is 2. The summed E-state index contributed by atoms with van der Waals surface area (Å²) < 4.78 is 38.0. The molecule has 1 heterocycles. The van der Waals surface area contributed by atoms with Gasteiger partial charge in [-0.1, -0.05) is 13.8 Å². The van der Waals surface area contributed by atoms with E-state index in [1.807, 2.05) is 0 Å². The lowest BCUT2D eigenvalue weighted by Gasteiger charge is -2.34. The quantitative estimate of drug-likeness (QED) is 0.291. The van der Waals surface area contributed by atoms with Gasteiger partial charge in [-0.2, -0.15) is 13.2 Å². The summed E-state index contributed by atoms with van der Waals surface area (Å²) in [5, 5.41) is 17.1. The van der Waals surface area contributed by atoms with Gasteiger partial charge in [0.25, 0.3) is 11.6 Å². The van der Waals surface area contributed by atoms with Crippen LogP contribution in [0.4, 0.5) is 30.2 Å². The first kappa shape index (κ1) is 25.5. The average Bonchev–Trinajstić information content (AvgIpc) is 2.75. The SMILES string of the molecule is C[C@@H]1C[C@H](C)CN(CCCNc2ccc(C(=O)Nc3ccc(C(F)(F)F)cc3)cc2[N+](=O)[O-])C1. The standard InChI is InChI=1S/C24H29F3N4O3/c1-16-12-17(2)15-30(14-16)11-3-10-28-21-9-4-18(13-22(21)31(33)34)23(32)29-20-7-5-19(6-8-20)24(25,26)27/h4-9,13,16-17,28H,3,10-12,14-15H2,1-2H3,(H,29,32)/t16-,17+. The second kappa shape index (κ2) is 10.9. The molecule has 3 rings (SSSR count). The summed E-state index contributed by atoms with van der Waals surface area (Å²) >= 11 is 0. The van der Waals surface area contributed by atoms with E-state index >= 15 is 0 Å². The van der Waals surface area contributed by atoms with Crippen molar-refractivity contribution in [2.24, 2.45) is 11.8 Å². The van der Waals surface area contributed by atoms with Crippen molar-refractivity contribution >= 4 is 23.0 Å². The molecule has 0 saturated carbocycles. The number of rotatable bonds is 8. The van der Waals surface area contributed by atoms with Crippen LogP contribution in [-0.4, -0.2) is 41.9 Å². The minimum atomic E-state index is -4.48. The largest absolute Gasteiger partial charge is 0.416 e. The molecular formula is C24H29F3N4O3. The van der Waals surface area contributed by atoms with E-state index < -0.39 is 22.6 Å². The number of hydrogen-bond acceptors (Lipinski definition) is 5. The number of piperidine rings is 1. The number of carbonyl (C=O) groups excluding carboxylic acids is 1. The second-order valence-electron chi connectivity index (χ2n) is 9.00. The average molecular weight is 479 g/mol. The van der Waals surface area contributed by atoms with E-state index in [-0.39, 0.29) is 16.9 Å². The molecule has 2 N–H and O–H groups in total. The van der Waals surface area contributed by atoms with Crippen LogP contribution in [0.15, 0.2) is 42.5 Å². The highest BCUT2D eigenvalue weighted by Crippen LogP contribution is 2.30. The Hall–Kier alpha value is -3.14. The van der Waals surface area contributed by atoms with Gasteiger partial charge in [0.2, 0.25) is 0 Å². The predicted molar refractivity (Wildman–Crippen MR) is 125 cm³/mol. The molecule has 0 aliphatic carbocycles. The summed E-state index contributed by atoms with van der Waals surface area (Å²) in [6, 6.07) is 8.07. The van der Waals surface area contributed by atoms with Crippen molar-refractivity contribution < 1.29 is 22.9 Å². The summed E-state index contributed by atoms with van der Waals surface area (Å²) in [4.78, 5) is 25.9. The molecule has 10 heteroatoms. The summed E-state index contributed by atoms with van der Waals surface area (Å²) in [5.41, 5.74) is -0.560. The Labute approximate surface area is 196 Å². The van der Waals surface area contributed by atoms with E-state index in [1.54, 1.807) is 0 Å². The third-order valence-corrected chi connectivity index (χ3v) is 5.84. The van der Waals surface area contributed by atoms with Crippen molar-refractivity contribution in [3.63, 3.8) is 0 Å². The van der Waals surface area contributed by atoms with Gasteiger partial charge in [-0.3, -0.25) is 14.9 Å². The Morgan fingerprint density at radius 3 is 2.35 bits per heavy atom. The summed E-state index contributed by atoms with van der Waals surface area (Å²) in [6.07, 6.45) is -2.41. The van der Waals surface area contributed by atoms with Crippen LogP contribution in [0.25, 0.3) is 0 Å². The molecule has 1 saturated heterocycles. The van der Waals surface area contributed by atoms with Crippen molar-refractivity contribution in [3.05, 3.63) is 63.7 Å². The fourth-order valence-electron chi connectivity index (χ4n) is 4.42. The van der Waals surface area contributed by atoms with E-state index in [9.17, 15) is 28.1 Å². The van der Waals surface area contributed by atoms with Gasteiger partial charge in [0.15, 0.2) is 0 Å². The van der Waals surface area contributed by atoms with Crippen LogP contribution in [0, 0.1) is 22.0 Å². The smallest absolute Gasteiger partial charge is 0.379 e. The van der Waals surface area contributed by atoms with Crippen molar-refractivity contribution in [1.29, 1.82) is 0 Å². The molecule has 1 amide bonds. The topological polar surface area (TPSA) is 87.5 Å². The zero-order valence-electron chi connectivity index (χ0n) is 19.2. The van der Waals surface area contributed by atoms with Gasteiger partial charge in [0.1, 0.15) is 5.69 Å². The Kier molecular flexibility index (Phi) is 8.14. The lowest BCUT2D eigenvalue weighted by atomic mass is 9.92. The van der Waals surface area contributed by atoms with Gasteiger partial charge in [0, 0.05) is 37.0 Å². The normalized spacial score (nSPS) is 19.0. The summed E-state index contributed by atoms with van der Waals surface area (Å²) in [7, 11) is 0. The Morgan fingerprint density at radius 1 is 1.12 bits per heavy atom. The molecule has 0 radical (unpaired) electrons. The van der Waals surface area contributed by atoms with Gasteiger partial charge in [0.05, 0.1) is 10.5 Å². The first-order valence-electron chi connectivity index (χ1n) is 11.3. The molecule has 0 spiro atoms. The number of carbonyl (C=O) groups is 1. The van der Waals surface area contributed by atoms with Crippen molar-refractivity contribution in [2.75, 3.05) is 36.8 Å². The van der Waals surface area contributed by atoms with Gasteiger partial charge in [-0.25, -0.2) is 0 Å². The van der Waals surface area contributed by atoms with Crippen LogP contribution in [0.3, 0.4) is 0 Å². The van der Waals surface area contributed by atoms with Gasteiger partial charge in [-0.15, -0.1) is 0 Å². The number of likely N-dealkylation sites (tertiary alicyclic amines) is 1. The number of alkyl halides is 3. The highest BCUT2D eigenvalue weighted by molar-refractivity contribution is 6.05. The number of amides is 1. The summed E-state index contributed by atoms with van der Waals surface area (Å²) in [6.45, 7) is 8.08. The van der Waals surface area contributed by atoms with E-state index in [2.05, 4.69) is 29.4 Å². The molecule has 0 aromatic heterocycles. The molecular weight excluding hydrogens is 449 g/mol. The molecule has 184 valence electrons. The first-order valence-corrected chi connectivity index (χ1v) is 11.3. The minimum Gasteiger partial charge on any atom is -0.379 e. The number of benzene rings is 2. The number of nitrogens with zero attached hydrogens (tertiary/aromatic N) is 2. The molecule has 0 unspecified atom stereocenters. The molecule has 1 fully saturated rings. The van der Waals surface area contributed by atoms with E-state index in [4.69, 9.17) is 0 Å². The zero-order chi connectivity index (χ0) is 24.9. The molecule has 34 heavy (non-hydrogen) atoms. The highest BCUT2D eigenvalue weighted by Gasteiger charge is 2.30. The van der Waals surface area contributed by atoms with Crippen molar-refractivity contribution in [3.8, 4) is 0 Å². The van der Waals surface area contributed by atoms with Gasteiger partial charge >= 0.3 is 6.18 Å². The lowest BCUT2D eigenvalue weighted by Crippen LogP contribution is -2.39. The minimum absolute atomic E-state index is 0.0356. The molecule has 0 bridgehead atoms. The van der Waals surface area contributed by atoms with Crippen LogP contribution in [0.2, 0.25) is 0 Å². The number of nitrogens with one attached hydrogen (secondary N) is 2. The second-order valence-corrected chi connectivity index (χ2v) is 9.00. The Morgan fingerprint density at radius 2 is 1.76 bits per heavy atom. The van der Waals surface area contributed by atoms with Crippen LogP contribution >= 0.6 is 0 Å². The van der Waals surface area contributed by atoms with E-state index in [0.29, 0.717) is 24.1 Å². The first-order chi connectivity index (χ1) is 16.0. The fourth-order valence-corrected chi connectivity index (χ4v) is 4.42. The lowest BCUT2D eigenvalue weighted by molar-refractivity contribution is -0.384.